The molecule has 0 saturated carbocycles. The highest BCUT2D eigenvalue weighted by Crippen LogP contribution is 2.08. The molecular weight excluding hydrogens is 272 g/mol. The zero-order chi connectivity index (χ0) is 16.5. The topological polar surface area (TPSA) is 96.8 Å². The average Bonchev–Trinajstić information content (AvgIpc) is 2.35. The van der Waals surface area contributed by atoms with Gasteiger partial charge in [0.2, 0.25) is 0 Å². The summed E-state index contributed by atoms with van der Waals surface area (Å²) in [5.41, 5.74) is 7.26. The van der Waals surface area contributed by atoms with Crippen molar-refractivity contribution in [2.24, 2.45) is 0 Å². The molecule has 0 bridgehead atoms. The quantitative estimate of drug-likeness (QED) is 0.129. The van der Waals surface area contributed by atoms with Crippen LogP contribution in [0.5, 0.6) is 0 Å². The van der Waals surface area contributed by atoms with E-state index in [1.165, 1.54) is 0 Å². The minimum Gasteiger partial charge on any atom is -0.451 e. The van der Waals surface area contributed by atoms with Crippen molar-refractivity contribution in [1.29, 1.82) is 0 Å². The van der Waals surface area contributed by atoms with Gasteiger partial charge < -0.3 is 10.3 Å². The first-order valence-corrected chi connectivity index (χ1v) is 6.65. The lowest BCUT2D eigenvalue weighted by Crippen LogP contribution is -2.34. The summed E-state index contributed by atoms with van der Waals surface area (Å²) in [4.78, 5) is 37.6. The molecule has 0 aliphatic carbocycles. The maximum atomic E-state index is 11.8. The molecule has 0 aliphatic rings. The number of carbonyl (C=O) groups excluding carboxylic acids is 3. The van der Waals surface area contributed by atoms with E-state index in [2.05, 4.69) is 10.7 Å². The van der Waals surface area contributed by atoms with Crippen molar-refractivity contribution < 1.29 is 23.9 Å². The summed E-state index contributed by atoms with van der Waals surface area (Å²) in [6.45, 7) is 4.87. The lowest BCUT2D eigenvalue weighted by Gasteiger charge is -2.17. The van der Waals surface area contributed by atoms with Gasteiger partial charge in [0.1, 0.15) is 11.4 Å². The number of unbranched alkanes of at least 4 members (excludes halogenated alkanes) is 1. The fourth-order valence-corrected chi connectivity index (χ4v) is 1.42. The average molecular weight is 292 g/mol. The van der Waals surface area contributed by atoms with Crippen molar-refractivity contribution in [1.82, 2.24) is 0 Å². The van der Waals surface area contributed by atoms with Crippen LogP contribution in [0.2, 0.25) is 0 Å². The Bertz CT molecular complexity index is 503. The summed E-state index contributed by atoms with van der Waals surface area (Å²) < 4.78 is 4.94. The van der Waals surface area contributed by atoms with Crippen LogP contribution in [0.4, 0.5) is 0 Å². The minimum absolute atomic E-state index is 0.0226. The van der Waals surface area contributed by atoms with Gasteiger partial charge in [-0.3, -0.25) is 9.59 Å². The monoisotopic (exact) mass is 292 g/mol. The first kappa shape index (κ1) is 18.8. The second kappa shape index (κ2) is 8.83. The Hall–Kier alpha value is -2.25. The van der Waals surface area contributed by atoms with Gasteiger partial charge in [-0.1, -0.05) is 0 Å². The maximum Gasteiger partial charge on any atom is 0.441 e. The molecule has 0 fully saturated rings. The van der Waals surface area contributed by atoms with Crippen LogP contribution < -0.4 is 0 Å². The zero-order valence-corrected chi connectivity index (χ0v) is 12.6. The van der Waals surface area contributed by atoms with Crippen LogP contribution in [0, 0.1) is 12.3 Å². The molecule has 0 atom stereocenters. The molecule has 0 aromatic rings. The number of rotatable bonds is 8. The number of terminal acetylenes is 1. The first-order valence-electron chi connectivity index (χ1n) is 6.65. The Balaban J connectivity index is 4.43. The molecule has 114 valence electrons. The van der Waals surface area contributed by atoms with E-state index in [4.69, 9.17) is 16.7 Å². The van der Waals surface area contributed by atoms with Crippen LogP contribution in [0.1, 0.15) is 52.9 Å². The van der Waals surface area contributed by atoms with Gasteiger partial charge in [-0.2, -0.15) is 4.79 Å². The number of nitrogens with zero attached hydrogens (tertiary/aromatic N) is 2. The van der Waals surface area contributed by atoms with E-state index >= 15 is 0 Å². The predicted molar refractivity (Wildman–Crippen MR) is 76.4 cm³/mol. The van der Waals surface area contributed by atoms with E-state index in [0.717, 1.165) is 0 Å². The van der Waals surface area contributed by atoms with Crippen molar-refractivity contribution >= 4 is 23.2 Å². The van der Waals surface area contributed by atoms with Gasteiger partial charge in [0.15, 0.2) is 0 Å². The molecular formula is C15H20N2O4. The summed E-state index contributed by atoms with van der Waals surface area (Å²) in [6.07, 6.45) is 6.20. The van der Waals surface area contributed by atoms with Crippen LogP contribution in [-0.2, 0) is 19.1 Å². The van der Waals surface area contributed by atoms with Crippen molar-refractivity contribution in [3.05, 3.63) is 5.53 Å². The Morgan fingerprint density at radius 3 is 2.29 bits per heavy atom. The van der Waals surface area contributed by atoms with Crippen molar-refractivity contribution in [2.45, 2.75) is 58.5 Å². The maximum absolute atomic E-state index is 11.8. The largest absolute Gasteiger partial charge is 0.451 e. The summed E-state index contributed by atoms with van der Waals surface area (Å²) in [7, 11) is 0. The molecule has 0 saturated heterocycles. The molecule has 0 unspecified atom stereocenters. The highest BCUT2D eigenvalue weighted by atomic mass is 16.6. The molecule has 0 spiro atoms. The number of ketones is 2. The van der Waals surface area contributed by atoms with E-state index in [0.29, 0.717) is 12.8 Å². The summed E-state index contributed by atoms with van der Waals surface area (Å²) in [6, 6.07) is 0. The van der Waals surface area contributed by atoms with Gasteiger partial charge in [0.05, 0.1) is 0 Å². The fourth-order valence-electron chi connectivity index (χ4n) is 1.42. The van der Waals surface area contributed by atoms with Crippen molar-refractivity contribution in [3.8, 4) is 12.3 Å². The lowest BCUT2D eigenvalue weighted by molar-refractivity contribution is -0.152. The third kappa shape index (κ3) is 8.51. The van der Waals surface area contributed by atoms with Crippen molar-refractivity contribution in [3.63, 3.8) is 0 Å². The Labute approximate surface area is 124 Å². The fraction of sp³-hybridized carbons (Fsp3) is 0.600. The second-order valence-electron chi connectivity index (χ2n) is 5.47. The number of hydrogen-bond acceptors (Lipinski definition) is 4. The van der Waals surface area contributed by atoms with E-state index in [9.17, 15) is 14.4 Å². The van der Waals surface area contributed by atoms with Gasteiger partial charge in [-0.15, -0.1) is 12.3 Å². The molecule has 6 heteroatoms. The summed E-state index contributed by atoms with van der Waals surface area (Å²) in [5.74, 6) is 0.565. The normalized spacial score (nSPS) is 10.2. The number of ether oxygens (including phenoxy) is 1. The van der Waals surface area contributed by atoms with E-state index in [1.54, 1.807) is 20.8 Å². The van der Waals surface area contributed by atoms with E-state index < -0.39 is 23.1 Å². The van der Waals surface area contributed by atoms with Crippen LogP contribution in [-0.4, -0.2) is 33.6 Å². The van der Waals surface area contributed by atoms with Crippen LogP contribution >= 0.6 is 0 Å². The molecule has 21 heavy (non-hydrogen) atoms. The predicted octanol–water partition coefficient (Wildman–Crippen LogP) is 1.72. The van der Waals surface area contributed by atoms with Crippen LogP contribution in [0.25, 0.3) is 5.53 Å². The highest BCUT2D eigenvalue weighted by molar-refractivity contribution is 6.62. The molecule has 0 rings (SSSR count). The zero-order valence-electron chi connectivity index (χ0n) is 12.6. The molecule has 0 N–H and O–H groups in total. The van der Waals surface area contributed by atoms with Gasteiger partial charge >= 0.3 is 11.7 Å². The Morgan fingerprint density at radius 1 is 1.19 bits per heavy atom. The second-order valence-corrected chi connectivity index (χ2v) is 5.47. The van der Waals surface area contributed by atoms with Crippen LogP contribution in [0.15, 0.2) is 0 Å². The lowest BCUT2D eigenvalue weighted by atomic mass is 10.0. The Morgan fingerprint density at radius 2 is 1.81 bits per heavy atom. The van der Waals surface area contributed by atoms with E-state index in [-0.39, 0.29) is 25.0 Å². The van der Waals surface area contributed by atoms with Gasteiger partial charge in [0, 0.05) is 25.7 Å². The highest BCUT2D eigenvalue weighted by Gasteiger charge is 2.33. The van der Waals surface area contributed by atoms with Gasteiger partial charge in [0.25, 0.3) is 5.78 Å². The molecule has 0 amide bonds. The molecule has 0 heterocycles. The molecule has 6 nitrogen and oxygen atoms in total. The van der Waals surface area contributed by atoms with Crippen molar-refractivity contribution in [2.75, 3.05) is 0 Å². The summed E-state index contributed by atoms with van der Waals surface area (Å²) in [5, 5.41) is 0. The third-order valence-electron chi connectivity index (χ3n) is 2.36. The first-order chi connectivity index (χ1) is 9.71. The number of carbonyl (C=O) groups is 3. The van der Waals surface area contributed by atoms with Crippen LogP contribution in [0.3, 0.4) is 0 Å². The molecule has 0 radical (unpaired) electrons. The number of esters is 1. The molecule has 0 aromatic carbocycles. The molecule has 0 aromatic heterocycles. The number of hydrogen-bond donors (Lipinski definition) is 0. The Kier molecular flexibility index (Phi) is 7.88. The SMILES string of the molecule is C#CCCCC(=O)CCC(=O)C(=[N+]=[N-])C(=O)OC(C)(C)C. The minimum atomic E-state index is -1.00. The van der Waals surface area contributed by atoms with Gasteiger partial charge in [-0.25, -0.2) is 4.79 Å². The standard InChI is InChI=1S/C15H20N2O4/c1-5-6-7-8-11(18)9-10-12(19)13(17-16)14(20)21-15(2,3)4/h1H,6-10H2,2-4H3. The third-order valence-corrected chi connectivity index (χ3v) is 2.36. The smallest absolute Gasteiger partial charge is 0.441 e. The summed E-state index contributed by atoms with van der Waals surface area (Å²) >= 11 is 0. The van der Waals surface area contributed by atoms with E-state index in [1.807, 2.05) is 0 Å². The molecule has 0 aliphatic heterocycles. The van der Waals surface area contributed by atoms with Gasteiger partial charge in [-0.05, 0) is 27.2 Å². The number of Topliss-reactive ketones (excluding diaryl/α,β-unsaturated/α-hetero) is 2.